The zero-order valence-corrected chi connectivity index (χ0v) is 11.8. The van der Waals surface area contributed by atoms with Gasteiger partial charge in [-0.1, -0.05) is 34.1 Å². The van der Waals surface area contributed by atoms with E-state index in [-0.39, 0.29) is 0 Å². The van der Waals surface area contributed by atoms with E-state index in [1.54, 1.807) is 4.52 Å². The molecular weight excluding hydrogens is 304 g/mol. The normalized spacial score (nSPS) is 11.1. The Hall–Kier alpha value is -1.72. The van der Waals surface area contributed by atoms with Crippen LogP contribution in [0, 0.1) is 0 Å². The summed E-state index contributed by atoms with van der Waals surface area (Å²) in [6, 6.07) is 12.1. The second-order valence-electron chi connectivity index (χ2n) is 4.34. The molecule has 5 heteroatoms. The summed E-state index contributed by atoms with van der Waals surface area (Å²) in [6.07, 6.45) is 2.61. The third-order valence-electron chi connectivity index (χ3n) is 2.96. The van der Waals surface area contributed by atoms with E-state index in [0.717, 1.165) is 21.5 Å². The quantitative estimate of drug-likeness (QED) is 0.808. The summed E-state index contributed by atoms with van der Waals surface area (Å²) in [6.45, 7) is 0.472. The van der Waals surface area contributed by atoms with Crippen LogP contribution in [0.5, 0.6) is 0 Å². The minimum absolute atomic E-state index is 0.472. The lowest BCUT2D eigenvalue weighted by atomic mass is 10.1. The van der Waals surface area contributed by atoms with Crippen LogP contribution in [0.1, 0.15) is 17.0 Å². The highest BCUT2D eigenvalue weighted by Gasteiger charge is 2.07. The van der Waals surface area contributed by atoms with Crippen LogP contribution in [0.4, 0.5) is 0 Å². The van der Waals surface area contributed by atoms with Crippen LogP contribution in [0.25, 0.3) is 5.65 Å². The molecule has 2 aromatic heterocycles. The second kappa shape index (κ2) is 5.11. The first-order chi connectivity index (χ1) is 9.26. The highest BCUT2D eigenvalue weighted by Crippen LogP contribution is 2.15. The van der Waals surface area contributed by atoms with E-state index in [2.05, 4.69) is 38.1 Å². The van der Waals surface area contributed by atoms with Crippen LogP contribution in [-0.2, 0) is 13.0 Å². The summed E-state index contributed by atoms with van der Waals surface area (Å²) in [5.41, 5.74) is 8.74. The number of rotatable bonds is 3. The lowest BCUT2D eigenvalue weighted by molar-refractivity contribution is 0.894. The number of nitrogens with two attached hydrogens (primary N) is 1. The van der Waals surface area contributed by atoms with Crippen molar-refractivity contribution in [2.75, 3.05) is 0 Å². The summed E-state index contributed by atoms with van der Waals surface area (Å²) >= 11 is 3.47. The Kier molecular flexibility index (Phi) is 3.31. The third-order valence-corrected chi connectivity index (χ3v) is 3.45. The van der Waals surface area contributed by atoms with Gasteiger partial charge in [0.15, 0.2) is 11.5 Å². The molecule has 2 heterocycles. The fourth-order valence-electron chi connectivity index (χ4n) is 2.07. The Labute approximate surface area is 119 Å². The third kappa shape index (κ3) is 2.52. The van der Waals surface area contributed by atoms with Crippen LogP contribution < -0.4 is 5.73 Å². The Morgan fingerprint density at radius 2 is 2.11 bits per heavy atom. The minimum Gasteiger partial charge on any atom is -0.326 e. The molecule has 19 heavy (non-hydrogen) atoms. The van der Waals surface area contributed by atoms with Gasteiger partial charge >= 0.3 is 0 Å². The molecule has 1 aromatic carbocycles. The maximum Gasteiger partial charge on any atom is 0.160 e. The highest BCUT2D eigenvalue weighted by atomic mass is 79.9. The Morgan fingerprint density at radius 1 is 1.21 bits per heavy atom. The predicted molar refractivity (Wildman–Crippen MR) is 77.8 cm³/mol. The molecule has 3 rings (SSSR count). The van der Waals surface area contributed by atoms with Crippen molar-refractivity contribution < 1.29 is 0 Å². The minimum atomic E-state index is 0.472. The molecule has 0 bridgehead atoms. The maximum atomic E-state index is 5.71. The van der Waals surface area contributed by atoms with Gasteiger partial charge in [0.2, 0.25) is 0 Å². The fraction of sp³-hybridized carbons (Fsp3) is 0.143. The van der Waals surface area contributed by atoms with E-state index in [1.165, 1.54) is 5.56 Å². The van der Waals surface area contributed by atoms with Crippen molar-refractivity contribution in [3.63, 3.8) is 0 Å². The SMILES string of the molecule is NCc1cccn2nc(Cc3cccc(Br)c3)nc12. The van der Waals surface area contributed by atoms with E-state index < -0.39 is 0 Å². The van der Waals surface area contributed by atoms with Crippen LogP contribution in [0.2, 0.25) is 0 Å². The van der Waals surface area contributed by atoms with Crippen molar-refractivity contribution in [3.8, 4) is 0 Å². The maximum absolute atomic E-state index is 5.71. The van der Waals surface area contributed by atoms with Crippen molar-refractivity contribution in [3.05, 3.63) is 64.0 Å². The number of hydrogen-bond donors (Lipinski definition) is 1. The van der Waals surface area contributed by atoms with Crippen molar-refractivity contribution in [1.29, 1.82) is 0 Å². The molecule has 0 saturated carbocycles. The molecule has 0 aliphatic heterocycles. The number of nitrogens with zero attached hydrogens (tertiary/aromatic N) is 3. The van der Waals surface area contributed by atoms with Gasteiger partial charge < -0.3 is 5.73 Å². The van der Waals surface area contributed by atoms with E-state index >= 15 is 0 Å². The van der Waals surface area contributed by atoms with Crippen molar-refractivity contribution in [2.24, 2.45) is 5.73 Å². The first-order valence-corrected chi connectivity index (χ1v) is 6.83. The molecule has 3 aromatic rings. The van der Waals surface area contributed by atoms with Gasteiger partial charge in [-0.05, 0) is 23.8 Å². The number of benzene rings is 1. The van der Waals surface area contributed by atoms with Crippen molar-refractivity contribution in [2.45, 2.75) is 13.0 Å². The summed E-state index contributed by atoms with van der Waals surface area (Å²) in [4.78, 5) is 4.57. The number of fused-ring (bicyclic) bond motifs is 1. The van der Waals surface area contributed by atoms with E-state index in [4.69, 9.17) is 5.73 Å². The molecule has 0 amide bonds. The predicted octanol–water partition coefficient (Wildman–Crippen LogP) is 2.54. The van der Waals surface area contributed by atoms with Crippen molar-refractivity contribution >= 4 is 21.6 Å². The Morgan fingerprint density at radius 3 is 2.89 bits per heavy atom. The molecule has 0 spiro atoms. The van der Waals surface area contributed by atoms with Gasteiger partial charge in [0.1, 0.15) is 0 Å². The molecule has 0 aliphatic rings. The zero-order chi connectivity index (χ0) is 13.2. The first kappa shape index (κ1) is 12.3. The standard InChI is InChI=1S/C14H13BrN4/c15-12-5-1-3-10(7-12)8-13-17-14-11(9-16)4-2-6-19(14)18-13/h1-7H,8-9,16H2. The molecule has 0 radical (unpaired) electrons. The largest absolute Gasteiger partial charge is 0.326 e. The van der Waals surface area contributed by atoms with Gasteiger partial charge in [0.25, 0.3) is 0 Å². The monoisotopic (exact) mass is 316 g/mol. The van der Waals surface area contributed by atoms with E-state index in [0.29, 0.717) is 13.0 Å². The number of aromatic nitrogens is 3. The molecule has 0 atom stereocenters. The van der Waals surface area contributed by atoms with Crippen LogP contribution >= 0.6 is 15.9 Å². The molecule has 4 nitrogen and oxygen atoms in total. The number of hydrogen-bond acceptors (Lipinski definition) is 3. The average Bonchev–Trinajstić information content (AvgIpc) is 2.80. The van der Waals surface area contributed by atoms with Crippen LogP contribution in [0.3, 0.4) is 0 Å². The van der Waals surface area contributed by atoms with Crippen LogP contribution in [0.15, 0.2) is 47.1 Å². The summed E-state index contributed by atoms with van der Waals surface area (Å²) in [7, 11) is 0. The molecular formula is C14H13BrN4. The molecule has 2 N–H and O–H groups in total. The van der Waals surface area contributed by atoms with E-state index in [9.17, 15) is 0 Å². The average molecular weight is 317 g/mol. The molecule has 0 fully saturated rings. The smallest absolute Gasteiger partial charge is 0.160 e. The molecule has 96 valence electrons. The van der Waals surface area contributed by atoms with Gasteiger partial charge in [-0.3, -0.25) is 0 Å². The van der Waals surface area contributed by atoms with Gasteiger partial charge in [-0.2, -0.15) is 5.10 Å². The summed E-state index contributed by atoms with van der Waals surface area (Å²) in [5, 5.41) is 4.48. The highest BCUT2D eigenvalue weighted by molar-refractivity contribution is 9.10. The lowest BCUT2D eigenvalue weighted by Gasteiger charge is -1.97. The molecule has 0 saturated heterocycles. The van der Waals surface area contributed by atoms with Crippen molar-refractivity contribution in [1.82, 2.24) is 14.6 Å². The lowest BCUT2D eigenvalue weighted by Crippen LogP contribution is -1.99. The second-order valence-corrected chi connectivity index (χ2v) is 5.26. The van der Waals surface area contributed by atoms with Gasteiger partial charge in [-0.25, -0.2) is 9.50 Å². The molecule has 0 aliphatic carbocycles. The number of pyridine rings is 1. The van der Waals surface area contributed by atoms with Gasteiger partial charge in [0, 0.05) is 29.2 Å². The van der Waals surface area contributed by atoms with Gasteiger partial charge in [0.05, 0.1) is 0 Å². The number of halogens is 1. The zero-order valence-electron chi connectivity index (χ0n) is 10.3. The van der Waals surface area contributed by atoms with Gasteiger partial charge in [-0.15, -0.1) is 0 Å². The Bertz CT molecular complexity index is 720. The fourth-order valence-corrected chi connectivity index (χ4v) is 2.52. The first-order valence-electron chi connectivity index (χ1n) is 6.04. The Balaban J connectivity index is 1.98. The topological polar surface area (TPSA) is 56.2 Å². The summed E-state index contributed by atoms with van der Waals surface area (Å²) in [5.74, 6) is 0.805. The molecule has 0 unspecified atom stereocenters. The van der Waals surface area contributed by atoms with E-state index in [1.807, 2.05) is 30.5 Å². The summed E-state index contributed by atoms with van der Waals surface area (Å²) < 4.78 is 2.85. The van der Waals surface area contributed by atoms with Crippen LogP contribution in [-0.4, -0.2) is 14.6 Å².